The van der Waals surface area contributed by atoms with E-state index >= 15 is 0 Å². The Balaban J connectivity index is 1.37. The topological polar surface area (TPSA) is 85.8 Å². The maximum atomic E-state index is 12.6. The summed E-state index contributed by atoms with van der Waals surface area (Å²) in [5.74, 6) is -0.619. The first-order valence-corrected chi connectivity index (χ1v) is 12.0. The Bertz CT molecular complexity index is 1440. The number of hydrogen-bond acceptors (Lipinski definition) is 5. The number of rotatable bonds is 5. The number of nitrogens with zero attached hydrogens (tertiary/aromatic N) is 3. The minimum atomic E-state index is -1.02. The average Bonchev–Trinajstić information content (AvgIpc) is 2.88. The number of fused-ring (bicyclic) bond motifs is 1. The minimum absolute atomic E-state index is 0.169. The summed E-state index contributed by atoms with van der Waals surface area (Å²) in [6.45, 7) is 7.20. The molecule has 0 saturated carbocycles. The Hall–Kier alpha value is -4.39. The molecule has 0 atom stereocenters. The largest absolute Gasteiger partial charge is 0.478 e. The first-order valence-electron chi connectivity index (χ1n) is 12.0. The van der Waals surface area contributed by atoms with E-state index in [0.717, 1.165) is 31.7 Å². The van der Waals surface area contributed by atoms with E-state index < -0.39 is 5.97 Å². The van der Waals surface area contributed by atoms with Gasteiger partial charge in [-0.05, 0) is 67.9 Å². The highest BCUT2D eigenvalue weighted by atomic mass is 16.4. The minimum Gasteiger partial charge on any atom is -0.478 e. The highest BCUT2D eigenvalue weighted by Gasteiger charge is 2.21. The second-order valence-electron chi connectivity index (χ2n) is 9.20. The van der Waals surface area contributed by atoms with E-state index in [0.29, 0.717) is 28.0 Å². The Morgan fingerprint density at radius 3 is 2.25 bits per heavy atom. The molecule has 1 amide bonds. The third-order valence-corrected chi connectivity index (χ3v) is 6.57. The smallest absolute Gasteiger partial charge is 0.336 e. The molecule has 0 spiro atoms. The Kier molecular flexibility index (Phi) is 6.29. The summed E-state index contributed by atoms with van der Waals surface area (Å²) >= 11 is 0. The van der Waals surface area contributed by atoms with Gasteiger partial charge in [0.25, 0.3) is 5.91 Å². The third-order valence-electron chi connectivity index (χ3n) is 6.57. The fraction of sp³-hybridized carbons (Fsp3) is 0.207. The molecule has 3 aromatic carbocycles. The number of nitrogens with one attached hydrogen (secondary N) is 1. The summed E-state index contributed by atoms with van der Waals surface area (Å²) in [6, 6.07) is 22.6. The standard InChI is InChI=1S/C29H28N4O3/c1-19-6-8-21(9-7-19)28(34)30-22-10-11-26-24(17-22)25(29(35)36)18-27(31-26)33-14-12-32(13-15-33)23-5-3-4-20(2)16-23/h3-11,16-18H,12-15H2,1-2H3,(H,30,34)(H,35,36). The van der Waals surface area contributed by atoms with Crippen LogP contribution < -0.4 is 15.1 Å². The van der Waals surface area contributed by atoms with Crippen molar-refractivity contribution in [1.82, 2.24) is 4.98 Å². The van der Waals surface area contributed by atoms with Crippen molar-refractivity contribution in [2.75, 3.05) is 41.3 Å². The number of piperazine rings is 1. The zero-order valence-corrected chi connectivity index (χ0v) is 20.4. The number of carboxylic acids is 1. The number of pyridine rings is 1. The lowest BCUT2D eigenvalue weighted by Gasteiger charge is -2.37. The van der Waals surface area contributed by atoms with Crippen LogP contribution in [-0.4, -0.2) is 48.1 Å². The lowest BCUT2D eigenvalue weighted by atomic mass is 10.1. The van der Waals surface area contributed by atoms with Crippen LogP contribution in [0, 0.1) is 13.8 Å². The maximum absolute atomic E-state index is 12.6. The van der Waals surface area contributed by atoms with Crippen LogP contribution in [0.3, 0.4) is 0 Å². The van der Waals surface area contributed by atoms with Gasteiger partial charge < -0.3 is 20.2 Å². The van der Waals surface area contributed by atoms with E-state index in [2.05, 4.69) is 46.3 Å². The van der Waals surface area contributed by atoms with Crippen molar-refractivity contribution in [1.29, 1.82) is 0 Å². The highest BCUT2D eigenvalue weighted by molar-refractivity contribution is 6.08. The molecule has 4 aromatic rings. The van der Waals surface area contributed by atoms with Crippen LogP contribution >= 0.6 is 0 Å². The van der Waals surface area contributed by atoms with Crippen LogP contribution in [0.15, 0.2) is 72.8 Å². The number of amides is 1. The predicted molar refractivity (Wildman–Crippen MR) is 143 cm³/mol. The number of benzene rings is 3. The van der Waals surface area contributed by atoms with Crippen LogP contribution in [-0.2, 0) is 0 Å². The van der Waals surface area contributed by atoms with E-state index in [1.165, 1.54) is 11.3 Å². The fourth-order valence-electron chi connectivity index (χ4n) is 4.56. The molecule has 2 heterocycles. The molecule has 1 fully saturated rings. The molecule has 0 aliphatic carbocycles. The van der Waals surface area contributed by atoms with Crippen LogP contribution in [0.2, 0.25) is 0 Å². The fourth-order valence-corrected chi connectivity index (χ4v) is 4.56. The Morgan fingerprint density at radius 1 is 0.833 bits per heavy atom. The Labute approximate surface area is 210 Å². The molecule has 36 heavy (non-hydrogen) atoms. The van der Waals surface area contributed by atoms with Crippen molar-refractivity contribution in [3.05, 3.63) is 95.1 Å². The number of aromatic nitrogens is 1. The van der Waals surface area contributed by atoms with Crippen LogP contribution in [0.5, 0.6) is 0 Å². The van der Waals surface area contributed by atoms with Crippen molar-refractivity contribution < 1.29 is 14.7 Å². The lowest BCUT2D eigenvalue weighted by Crippen LogP contribution is -2.46. The lowest BCUT2D eigenvalue weighted by molar-refractivity contribution is 0.0698. The van der Waals surface area contributed by atoms with Gasteiger partial charge in [0.1, 0.15) is 5.82 Å². The molecular formula is C29H28N4O3. The summed E-state index contributed by atoms with van der Waals surface area (Å²) in [6.07, 6.45) is 0. The van der Waals surface area contributed by atoms with E-state index in [1.54, 1.807) is 36.4 Å². The number of carboxylic acid groups (broad SMARTS) is 1. The van der Waals surface area contributed by atoms with E-state index in [4.69, 9.17) is 4.98 Å². The molecule has 1 saturated heterocycles. The number of anilines is 3. The summed E-state index contributed by atoms with van der Waals surface area (Å²) < 4.78 is 0. The highest BCUT2D eigenvalue weighted by Crippen LogP contribution is 2.28. The van der Waals surface area contributed by atoms with Gasteiger partial charge in [-0.15, -0.1) is 0 Å². The van der Waals surface area contributed by atoms with Crippen LogP contribution in [0.25, 0.3) is 10.9 Å². The molecule has 0 bridgehead atoms. The molecule has 0 unspecified atom stereocenters. The van der Waals surface area contributed by atoms with Crippen molar-refractivity contribution in [3.63, 3.8) is 0 Å². The zero-order chi connectivity index (χ0) is 25.2. The number of aromatic carboxylic acids is 1. The van der Waals surface area contributed by atoms with Crippen molar-refractivity contribution >= 4 is 40.0 Å². The molecule has 1 aliphatic rings. The molecule has 7 heteroatoms. The van der Waals surface area contributed by atoms with Crippen molar-refractivity contribution in [2.24, 2.45) is 0 Å². The first kappa shape index (κ1) is 23.4. The van der Waals surface area contributed by atoms with E-state index in [1.807, 2.05) is 19.1 Å². The van der Waals surface area contributed by atoms with Gasteiger partial charge >= 0.3 is 5.97 Å². The second kappa shape index (κ2) is 9.70. The Morgan fingerprint density at radius 2 is 1.56 bits per heavy atom. The van der Waals surface area contributed by atoms with Gasteiger partial charge in [0.05, 0.1) is 11.1 Å². The molecule has 182 valence electrons. The van der Waals surface area contributed by atoms with Gasteiger partial charge in [0, 0.05) is 48.5 Å². The molecule has 1 aliphatic heterocycles. The first-order chi connectivity index (χ1) is 17.4. The molecule has 7 nitrogen and oxygen atoms in total. The summed E-state index contributed by atoms with van der Waals surface area (Å²) in [5, 5.41) is 13.3. The van der Waals surface area contributed by atoms with Gasteiger partial charge in [-0.1, -0.05) is 29.8 Å². The molecular weight excluding hydrogens is 452 g/mol. The normalized spacial score (nSPS) is 13.6. The van der Waals surface area contributed by atoms with Crippen LogP contribution in [0.1, 0.15) is 31.8 Å². The van der Waals surface area contributed by atoms with Gasteiger partial charge in [-0.2, -0.15) is 0 Å². The molecule has 1 aromatic heterocycles. The van der Waals surface area contributed by atoms with Crippen molar-refractivity contribution in [3.8, 4) is 0 Å². The summed E-state index contributed by atoms with van der Waals surface area (Å²) in [5.41, 5.74) is 5.32. The number of hydrogen-bond donors (Lipinski definition) is 2. The second-order valence-corrected chi connectivity index (χ2v) is 9.20. The van der Waals surface area contributed by atoms with Crippen molar-refractivity contribution in [2.45, 2.75) is 13.8 Å². The number of carbonyl (C=O) groups is 2. The molecule has 0 radical (unpaired) electrons. The monoisotopic (exact) mass is 480 g/mol. The van der Waals surface area contributed by atoms with Gasteiger partial charge in [0.15, 0.2) is 0 Å². The molecule has 5 rings (SSSR count). The maximum Gasteiger partial charge on any atom is 0.336 e. The summed E-state index contributed by atoms with van der Waals surface area (Å²) in [4.78, 5) is 34.0. The summed E-state index contributed by atoms with van der Waals surface area (Å²) in [7, 11) is 0. The molecule has 2 N–H and O–H groups in total. The predicted octanol–water partition coefficient (Wildman–Crippen LogP) is 5.13. The third kappa shape index (κ3) is 4.86. The number of aryl methyl sites for hydroxylation is 2. The zero-order valence-electron chi connectivity index (χ0n) is 20.4. The SMILES string of the molecule is Cc1ccc(C(=O)Nc2ccc3nc(N4CCN(c5cccc(C)c5)CC4)cc(C(=O)O)c3c2)cc1. The quantitative estimate of drug-likeness (QED) is 0.412. The number of carbonyl (C=O) groups excluding carboxylic acids is 1. The van der Waals surface area contributed by atoms with E-state index in [-0.39, 0.29) is 11.5 Å². The van der Waals surface area contributed by atoms with Gasteiger partial charge in [-0.25, -0.2) is 9.78 Å². The van der Waals surface area contributed by atoms with Crippen LogP contribution in [0.4, 0.5) is 17.2 Å². The van der Waals surface area contributed by atoms with E-state index in [9.17, 15) is 14.7 Å². The average molecular weight is 481 g/mol. The van der Waals surface area contributed by atoms with Gasteiger partial charge in [0.2, 0.25) is 0 Å². The van der Waals surface area contributed by atoms with Gasteiger partial charge in [-0.3, -0.25) is 4.79 Å².